The van der Waals surface area contributed by atoms with Gasteiger partial charge in [-0.15, -0.1) is 24.8 Å². The van der Waals surface area contributed by atoms with Crippen LogP contribution >= 0.6 is 24.8 Å². The third kappa shape index (κ3) is 5.46. The smallest absolute Gasteiger partial charge is 0.272 e. The molecule has 0 unspecified atom stereocenters. The lowest BCUT2D eigenvalue weighted by molar-refractivity contribution is -0.137. The van der Waals surface area contributed by atoms with Gasteiger partial charge in [-0.2, -0.15) is 5.10 Å². The fourth-order valence-electron chi connectivity index (χ4n) is 3.66. The number of hydrogen-bond donors (Lipinski definition) is 2. The van der Waals surface area contributed by atoms with Gasteiger partial charge in [0.15, 0.2) is 5.69 Å². The standard InChI is InChI=1S/C19H24N6O2.2ClH/c26-18(22-12-15-3-1-2-6-21-15)17-11-16-13-24(9-10-25(16)23-17)19(27)14-4-7-20-8-5-14;;/h1-3,6,11,14,20H,4-5,7-10,12-13H2,(H,22,26);2*1H. The third-order valence-corrected chi connectivity index (χ3v) is 5.19. The van der Waals surface area contributed by atoms with Crippen LogP contribution in [0.1, 0.15) is 34.7 Å². The number of amides is 2. The average molecular weight is 441 g/mol. The van der Waals surface area contributed by atoms with E-state index in [0.717, 1.165) is 37.3 Å². The number of aromatic nitrogens is 3. The molecule has 1 saturated heterocycles. The average Bonchev–Trinajstić information content (AvgIpc) is 3.16. The molecule has 2 aliphatic rings. The van der Waals surface area contributed by atoms with E-state index in [-0.39, 0.29) is 42.5 Å². The lowest BCUT2D eigenvalue weighted by atomic mass is 9.96. The molecule has 4 heterocycles. The van der Waals surface area contributed by atoms with Gasteiger partial charge in [0.2, 0.25) is 5.91 Å². The third-order valence-electron chi connectivity index (χ3n) is 5.19. The molecule has 0 spiro atoms. The molecule has 0 bridgehead atoms. The van der Waals surface area contributed by atoms with Crippen molar-refractivity contribution in [2.45, 2.75) is 32.5 Å². The van der Waals surface area contributed by atoms with E-state index < -0.39 is 0 Å². The van der Waals surface area contributed by atoms with Crippen molar-refractivity contribution in [1.29, 1.82) is 0 Å². The number of carbonyl (C=O) groups is 2. The molecular weight excluding hydrogens is 415 g/mol. The van der Waals surface area contributed by atoms with E-state index in [4.69, 9.17) is 0 Å². The van der Waals surface area contributed by atoms with E-state index in [2.05, 4.69) is 20.7 Å². The van der Waals surface area contributed by atoms with E-state index in [1.807, 2.05) is 27.8 Å². The van der Waals surface area contributed by atoms with Crippen LogP contribution in [0.4, 0.5) is 0 Å². The number of nitrogens with one attached hydrogen (secondary N) is 2. The SMILES string of the molecule is Cl.Cl.O=C(NCc1ccccn1)c1cc2n(n1)CCN(C(=O)C1CCNCC1)C2. The van der Waals surface area contributed by atoms with Crippen molar-refractivity contribution in [2.24, 2.45) is 5.92 Å². The summed E-state index contributed by atoms with van der Waals surface area (Å²) in [5.41, 5.74) is 2.09. The second-order valence-electron chi connectivity index (χ2n) is 7.03. The zero-order valence-corrected chi connectivity index (χ0v) is 17.7. The highest BCUT2D eigenvalue weighted by Crippen LogP contribution is 2.20. The Morgan fingerprint density at radius 2 is 1.97 bits per heavy atom. The zero-order valence-electron chi connectivity index (χ0n) is 16.0. The minimum absolute atomic E-state index is 0. The van der Waals surface area contributed by atoms with Gasteiger partial charge in [-0.1, -0.05) is 6.07 Å². The van der Waals surface area contributed by atoms with Crippen LogP contribution in [0.5, 0.6) is 0 Å². The highest BCUT2D eigenvalue weighted by Gasteiger charge is 2.29. The number of piperidine rings is 1. The van der Waals surface area contributed by atoms with Crippen LogP contribution in [0.15, 0.2) is 30.5 Å². The van der Waals surface area contributed by atoms with Crippen molar-refractivity contribution >= 4 is 36.6 Å². The minimum Gasteiger partial charge on any atom is -0.345 e. The molecule has 0 atom stereocenters. The first-order chi connectivity index (χ1) is 13.2. The van der Waals surface area contributed by atoms with Gasteiger partial charge in [0.1, 0.15) is 0 Å². The summed E-state index contributed by atoms with van der Waals surface area (Å²) in [6.07, 6.45) is 3.50. The first-order valence-electron chi connectivity index (χ1n) is 9.45. The summed E-state index contributed by atoms with van der Waals surface area (Å²) in [6.45, 7) is 3.96. The summed E-state index contributed by atoms with van der Waals surface area (Å²) in [7, 11) is 0. The number of carbonyl (C=O) groups excluding carboxylic acids is 2. The van der Waals surface area contributed by atoms with Gasteiger partial charge >= 0.3 is 0 Å². The van der Waals surface area contributed by atoms with Crippen LogP contribution in [-0.4, -0.2) is 51.1 Å². The van der Waals surface area contributed by atoms with Crippen molar-refractivity contribution in [3.8, 4) is 0 Å². The van der Waals surface area contributed by atoms with Crippen molar-refractivity contribution in [3.05, 3.63) is 47.5 Å². The van der Waals surface area contributed by atoms with Crippen molar-refractivity contribution in [2.75, 3.05) is 19.6 Å². The summed E-state index contributed by atoms with van der Waals surface area (Å²) in [5, 5.41) is 10.5. The van der Waals surface area contributed by atoms with Crippen molar-refractivity contribution in [3.63, 3.8) is 0 Å². The van der Waals surface area contributed by atoms with E-state index in [0.29, 0.717) is 31.9 Å². The maximum Gasteiger partial charge on any atom is 0.272 e. The Kier molecular flexibility index (Phi) is 8.43. The Bertz CT molecular complexity index is 823. The summed E-state index contributed by atoms with van der Waals surface area (Å²) in [5.74, 6) is 0.116. The normalized spacial score (nSPS) is 16.2. The predicted octanol–water partition coefficient (Wildman–Crippen LogP) is 1.39. The Morgan fingerprint density at radius 1 is 1.17 bits per heavy atom. The second-order valence-corrected chi connectivity index (χ2v) is 7.03. The van der Waals surface area contributed by atoms with E-state index in [1.165, 1.54) is 0 Å². The highest BCUT2D eigenvalue weighted by molar-refractivity contribution is 5.92. The molecule has 1 fully saturated rings. The second kappa shape index (κ2) is 10.6. The topological polar surface area (TPSA) is 92.2 Å². The predicted molar refractivity (Wildman–Crippen MR) is 113 cm³/mol. The fraction of sp³-hybridized carbons (Fsp3) is 0.474. The molecule has 2 N–H and O–H groups in total. The number of fused-ring (bicyclic) bond motifs is 1. The van der Waals surface area contributed by atoms with E-state index >= 15 is 0 Å². The number of pyridine rings is 1. The van der Waals surface area contributed by atoms with Crippen LogP contribution in [0.2, 0.25) is 0 Å². The maximum absolute atomic E-state index is 12.7. The molecule has 2 aromatic rings. The monoisotopic (exact) mass is 440 g/mol. The number of rotatable bonds is 4. The number of hydrogen-bond acceptors (Lipinski definition) is 5. The Morgan fingerprint density at radius 3 is 2.69 bits per heavy atom. The molecule has 4 rings (SSSR count). The molecule has 2 amide bonds. The zero-order chi connectivity index (χ0) is 18.6. The molecule has 10 heteroatoms. The molecule has 0 radical (unpaired) electrons. The van der Waals surface area contributed by atoms with Gasteiger partial charge in [0, 0.05) is 18.7 Å². The van der Waals surface area contributed by atoms with E-state index in [1.54, 1.807) is 12.3 Å². The van der Waals surface area contributed by atoms with Crippen LogP contribution < -0.4 is 10.6 Å². The van der Waals surface area contributed by atoms with Gasteiger partial charge in [-0.3, -0.25) is 19.3 Å². The fourth-order valence-corrected chi connectivity index (χ4v) is 3.66. The minimum atomic E-state index is -0.223. The molecule has 158 valence electrons. The van der Waals surface area contributed by atoms with Crippen molar-refractivity contribution in [1.82, 2.24) is 30.3 Å². The molecule has 29 heavy (non-hydrogen) atoms. The van der Waals surface area contributed by atoms with Gasteiger partial charge in [0.05, 0.1) is 31.0 Å². The molecular formula is C19H26Cl2N6O2. The summed E-state index contributed by atoms with van der Waals surface area (Å²) in [4.78, 5) is 31.2. The first-order valence-corrected chi connectivity index (χ1v) is 9.45. The molecule has 0 aromatic carbocycles. The molecule has 2 aromatic heterocycles. The van der Waals surface area contributed by atoms with Crippen LogP contribution in [0, 0.1) is 5.92 Å². The molecule has 0 aliphatic carbocycles. The Labute approximate surface area is 182 Å². The summed E-state index contributed by atoms with van der Waals surface area (Å²) < 4.78 is 1.84. The van der Waals surface area contributed by atoms with Crippen LogP contribution in [0.3, 0.4) is 0 Å². The molecule has 2 aliphatic heterocycles. The Balaban J connectivity index is 0.00000150. The van der Waals surface area contributed by atoms with Gasteiger partial charge in [-0.25, -0.2) is 0 Å². The van der Waals surface area contributed by atoms with Crippen LogP contribution in [0.25, 0.3) is 0 Å². The highest BCUT2D eigenvalue weighted by atomic mass is 35.5. The van der Waals surface area contributed by atoms with Gasteiger partial charge in [0.25, 0.3) is 5.91 Å². The molecule has 8 nitrogen and oxygen atoms in total. The quantitative estimate of drug-likeness (QED) is 0.749. The van der Waals surface area contributed by atoms with Crippen LogP contribution in [-0.2, 0) is 24.4 Å². The maximum atomic E-state index is 12.7. The summed E-state index contributed by atoms with van der Waals surface area (Å²) >= 11 is 0. The van der Waals surface area contributed by atoms with Crippen molar-refractivity contribution < 1.29 is 9.59 Å². The lowest BCUT2D eigenvalue weighted by Gasteiger charge is -2.32. The number of halogens is 2. The van der Waals surface area contributed by atoms with E-state index in [9.17, 15) is 9.59 Å². The molecule has 0 saturated carbocycles. The van der Waals surface area contributed by atoms with Gasteiger partial charge < -0.3 is 15.5 Å². The lowest BCUT2D eigenvalue weighted by Crippen LogP contribution is -2.44. The number of nitrogens with zero attached hydrogens (tertiary/aromatic N) is 4. The largest absolute Gasteiger partial charge is 0.345 e. The Hall–Kier alpha value is -2.16. The summed E-state index contributed by atoms with van der Waals surface area (Å²) in [6, 6.07) is 7.38. The van der Waals surface area contributed by atoms with Gasteiger partial charge in [-0.05, 0) is 44.1 Å². The first kappa shape index (κ1) is 23.1.